The van der Waals surface area contributed by atoms with Crippen molar-refractivity contribution in [3.05, 3.63) is 34.9 Å². The number of hydrogen-bond donors (Lipinski definition) is 1. The Morgan fingerprint density at radius 3 is 2.50 bits per heavy atom. The Bertz CT molecular complexity index is 478. The minimum Gasteiger partial charge on any atom is -0.480 e. The molecule has 1 aromatic carbocycles. The van der Waals surface area contributed by atoms with Gasteiger partial charge in [-0.05, 0) is 45.2 Å². The summed E-state index contributed by atoms with van der Waals surface area (Å²) in [6.07, 6.45) is 3.42. The molecule has 1 fully saturated rings. The fraction of sp³-hybridized carbons (Fsp3) is 0.588. The predicted octanol–water partition coefficient (Wildman–Crippen LogP) is 3.52. The number of nitrogens with zero attached hydrogens (tertiary/aromatic N) is 1. The third kappa shape index (κ3) is 2.88. The minimum absolute atomic E-state index is 0.646. The molecule has 0 aromatic heterocycles. The highest BCUT2D eigenvalue weighted by Crippen LogP contribution is 2.35. The van der Waals surface area contributed by atoms with Crippen LogP contribution in [0.25, 0.3) is 0 Å². The second-order valence-corrected chi connectivity index (χ2v) is 6.11. The van der Waals surface area contributed by atoms with Crippen molar-refractivity contribution < 1.29 is 9.90 Å². The highest BCUT2D eigenvalue weighted by atomic mass is 16.4. The number of benzene rings is 1. The molecule has 1 saturated heterocycles. The van der Waals surface area contributed by atoms with Crippen molar-refractivity contribution >= 4 is 5.97 Å². The fourth-order valence-electron chi connectivity index (χ4n) is 3.59. The molecule has 1 N–H and O–H groups in total. The third-order valence-electron chi connectivity index (χ3n) is 4.34. The van der Waals surface area contributed by atoms with Gasteiger partial charge < -0.3 is 5.11 Å². The van der Waals surface area contributed by atoms with Crippen LogP contribution in [0.5, 0.6) is 0 Å². The van der Waals surface area contributed by atoms with Crippen molar-refractivity contribution in [1.29, 1.82) is 0 Å². The van der Waals surface area contributed by atoms with Gasteiger partial charge in [0.1, 0.15) is 5.54 Å². The first kappa shape index (κ1) is 15.0. The summed E-state index contributed by atoms with van der Waals surface area (Å²) < 4.78 is 0. The van der Waals surface area contributed by atoms with E-state index < -0.39 is 11.5 Å². The van der Waals surface area contributed by atoms with Gasteiger partial charge in [-0.3, -0.25) is 9.69 Å². The summed E-state index contributed by atoms with van der Waals surface area (Å²) in [6, 6.07) is 6.50. The molecule has 3 heteroatoms. The summed E-state index contributed by atoms with van der Waals surface area (Å²) >= 11 is 0. The van der Waals surface area contributed by atoms with Crippen LogP contribution in [0, 0.1) is 13.8 Å². The summed E-state index contributed by atoms with van der Waals surface area (Å²) in [4.78, 5) is 14.0. The van der Waals surface area contributed by atoms with Gasteiger partial charge in [0.15, 0.2) is 0 Å². The molecule has 2 rings (SSSR count). The Morgan fingerprint density at radius 1 is 1.30 bits per heavy atom. The normalized spacial score (nSPS) is 23.1. The first-order chi connectivity index (χ1) is 9.48. The Kier molecular flexibility index (Phi) is 4.48. The monoisotopic (exact) mass is 275 g/mol. The molecule has 1 aliphatic rings. The van der Waals surface area contributed by atoms with E-state index in [1.165, 1.54) is 16.7 Å². The molecule has 0 spiro atoms. The third-order valence-corrected chi connectivity index (χ3v) is 4.34. The van der Waals surface area contributed by atoms with Crippen molar-refractivity contribution in [1.82, 2.24) is 4.90 Å². The number of carboxylic acids is 1. The van der Waals surface area contributed by atoms with Crippen molar-refractivity contribution in [2.24, 2.45) is 0 Å². The summed E-state index contributed by atoms with van der Waals surface area (Å²) in [6.45, 7) is 7.89. The summed E-state index contributed by atoms with van der Waals surface area (Å²) in [5, 5.41) is 9.71. The molecule has 0 aliphatic carbocycles. The Balaban J connectivity index is 2.24. The Labute approximate surface area is 121 Å². The topological polar surface area (TPSA) is 40.5 Å². The van der Waals surface area contributed by atoms with Gasteiger partial charge in [-0.2, -0.15) is 0 Å². The predicted molar refractivity (Wildman–Crippen MR) is 80.8 cm³/mol. The summed E-state index contributed by atoms with van der Waals surface area (Å²) in [5.74, 6) is -0.652. The quantitative estimate of drug-likeness (QED) is 0.893. The number of carbonyl (C=O) groups is 1. The lowest BCUT2D eigenvalue weighted by molar-refractivity contribution is -0.150. The largest absolute Gasteiger partial charge is 0.480 e. The molecule has 0 radical (unpaired) electrons. The minimum atomic E-state index is -0.652. The number of carboxylic acid groups (broad SMARTS) is 1. The maximum atomic E-state index is 11.8. The first-order valence-electron chi connectivity index (χ1n) is 7.53. The van der Waals surface area contributed by atoms with Crippen molar-refractivity contribution in [3.8, 4) is 0 Å². The lowest BCUT2D eigenvalue weighted by Gasteiger charge is -2.34. The number of aryl methyl sites for hydroxylation is 2. The van der Waals surface area contributed by atoms with E-state index in [0.717, 1.165) is 38.8 Å². The van der Waals surface area contributed by atoms with E-state index in [-0.39, 0.29) is 0 Å². The summed E-state index contributed by atoms with van der Waals surface area (Å²) in [7, 11) is 0. The maximum Gasteiger partial charge on any atom is 0.324 e. The van der Waals surface area contributed by atoms with Crippen LogP contribution in [0.2, 0.25) is 0 Å². The van der Waals surface area contributed by atoms with Gasteiger partial charge >= 0.3 is 5.97 Å². The smallest absolute Gasteiger partial charge is 0.324 e. The summed E-state index contributed by atoms with van der Waals surface area (Å²) in [5.41, 5.74) is 3.07. The molecule has 1 heterocycles. The highest BCUT2D eigenvalue weighted by Gasteiger charge is 2.46. The Hall–Kier alpha value is -1.35. The van der Waals surface area contributed by atoms with E-state index in [2.05, 4.69) is 43.9 Å². The van der Waals surface area contributed by atoms with Crippen LogP contribution in [-0.4, -0.2) is 28.1 Å². The number of hydrogen-bond acceptors (Lipinski definition) is 2. The molecular weight excluding hydrogens is 250 g/mol. The molecule has 1 unspecified atom stereocenters. The molecule has 110 valence electrons. The van der Waals surface area contributed by atoms with Crippen LogP contribution in [0.4, 0.5) is 0 Å². The first-order valence-corrected chi connectivity index (χ1v) is 7.53. The number of aliphatic carboxylic acids is 1. The van der Waals surface area contributed by atoms with E-state index in [9.17, 15) is 9.90 Å². The van der Waals surface area contributed by atoms with E-state index >= 15 is 0 Å². The molecule has 0 saturated carbocycles. The van der Waals surface area contributed by atoms with Gasteiger partial charge in [-0.15, -0.1) is 0 Å². The van der Waals surface area contributed by atoms with Crippen molar-refractivity contribution in [2.75, 3.05) is 6.54 Å². The van der Waals surface area contributed by atoms with Gasteiger partial charge in [0, 0.05) is 6.54 Å². The molecular formula is C17H25NO2. The van der Waals surface area contributed by atoms with E-state index in [4.69, 9.17) is 0 Å². The van der Waals surface area contributed by atoms with Crippen LogP contribution in [0.15, 0.2) is 18.2 Å². The van der Waals surface area contributed by atoms with Crippen LogP contribution in [0.3, 0.4) is 0 Å². The van der Waals surface area contributed by atoms with Crippen molar-refractivity contribution in [3.63, 3.8) is 0 Å². The molecule has 0 amide bonds. The SMILES string of the molecule is CCCC1(C(=O)O)CCCN1Cc1cc(C)cc(C)c1. The van der Waals surface area contributed by atoms with Crippen LogP contribution >= 0.6 is 0 Å². The molecule has 1 aromatic rings. The molecule has 20 heavy (non-hydrogen) atoms. The highest BCUT2D eigenvalue weighted by molar-refractivity contribution is 5.79. The lowest BCUT2D eigenvalue weighted by Crippen LogP contribution is -2.50. The van der Waals surface area contributed by atoms with E-state index in [1.54, 1.807) is 0 Å². The zero-order valence-corrected chi connectivity index (χ0v) is 12.8. The fourth-order valence-corrected chi connectivity index (χ4v) is 3.59. The van der Waals surface area contributed by atoms with Crippen LogP contribution < -0.4 is 0 Å². The molecule has 0 bridgehead atoms. The van der Waals surface area contributed by atoms with E-state index in [0.29, 0.717) is 0 Å². The van der Waals surface area contributed by atoms with Gasteiger partial charge in [-0.1, -0.05) is 42.7 Å². The zero-order chi connectivity index (χ0) is 14.8. The average Bonchev–Trinajstić information content (AvgIpc) is 2.72. The van der Waals surface area contributed by atoms with E-state index in [1.807, 2.05) is 0 Å². The molecule has 1 atom stereocenters. The van der Waals surface area contributed by atoms with Crippen LogP contribution in [-0.2, 0) is 11.3 Å². The number of rotatable bonds is 5. The standard InChI is InChI=1S/C17H25NO2/c1-4-6-17(16(19)20)7-5-8-18(17)12-15-10-13(2)9-14(3)11-15/h9-11H,4-8,12H2,1-3H3,(H,19,20). The van der Waals surface area contributed by atoms with Gasteiger partial charge in [0.05, 0.1) is 0 Å². The maximum absolute atomic E-state index is 11.8. The second kappa shape index (κ2) is 5.96. The molecule has 3 nitrogen and oxygen atoms in total. The second-order valence-electron chi connectivity index (χ2n) is 6.11. The number of likely N-dealkylation sites (tertiary alicyclic amines) is 1. The van der Waals surface area contributed by atoms with Gasteiger partial charge in [-0.25, -0.2) is 0 Å². The molecule has 1 aliphatic heterocycles. The van der Waals surface area contributed by atoms with Crippen molar-refractivity contribution in [2.45, 2.75) is 58.5 Å². The lowest BCUT2D eigenvalue weighted by atomic mass is 9.90. The van der Waals surface area contributed by atoms with Gasteiger partial charge in [0.2, 0.25) is 0 Å². The zero-order valence-electron chi connectivity index (χ0n) is 12.8. The Morgan fingerprint density at radius 2 is 1.95 bits per heavy atom. The van der Waals surface area contributed by atoms with Gasteiger partial charge in [0.25, 0.3) is 0 Å². The average molecular weight is 275 g/mol. The van der Waals surface area contributed by atoms with Crippen LogP contribution in [0.1, 0.15) is 49.3 Å².